The van der Waals surface area contributed by atoms with E-state index in [9.17, 15) is 19.8 Å². The van der Waals surface area contributed by atoms with Crippen LogP contribution < -0.4 is 9.64 Å². The summed E-state index contributed by atoms with van der Waals surface area (Å²) in [6.45, 7) is 2.61. The zero-order chi connectivity index (χ0) is 22.7. The predicted octanol–water partition coefficient (Wildman–Crippen LogP) is 4.65. The number of carbonyl (C=O) groups excluding carboxylic acids is 2. The first-order chi connectivity index (χ1) is 15.5. The standard InChI is InChI=1S/C24H22N2O5S/c1-2-3-12-31-18-6-4-5-16(14-18)21(28)19-20(15-7-9-17(27)10-8-15)26(23(30)22(19)29)24-25-11-13-32-24/h4-11,13-14,20,27-28H,2-3,12H2,1H3/b21-19+. The van der Waals surface area contributed by atoms with Crippen molar-refractivity contribution < 1.29 is 24.5 Å². The number of ether oxygens (including phenoxy) is 1. The van der Waals surface area contributed by atoms with Gasteiger partial charge in [-0.05, 0) is 36.2 Å². The molecular formula is C24H22N2O5S. The molecule has 1 aromatic heterocycles. The first-order valence-electron chi connectivity index (χ1n) is 10.2. The Morgan fingerprint density at radius 1 is 1.19 bits per heavy atom. The molecule has 1 fully saturated rings. The van der Waals surface area contributed by atoms with Gasteiger partial charge in [-0.3, -0.25) is 14.5 Å². The number of unbranched alkanes of at least 4 members (excludes halogenated alkanes) is 1. The quantitative estimate of drug-likeness (QED) is 0.235. The van der Waals surface area contributed by atoms with E-state index in [2.05, 4.69) is 11.9 Å². The number of ketones is 1. The van der Waals surface area contributed by atoms with E-state index in [1.54, 1.807) is 48.0 Å². The van der Waals surface area contributed by atoms with E-state index in [1.807, 2.05) is 0 Å². The Hall–Kier alpha value is -3.65. The Labute approximate surface area is 189 Å². The number of benzene rings is 2. The van der Waals surface area contributed by atoms with Gasteiger partial charge in [-0.2, -0.15) is 0 Å². The molecule has 3 aromatic rings. The molecule has 1 aliphatic heterocycles. The Kier molecular flexibility index (Phi) is 6.23. The number of aromatic hydroxyl groups is 1. The van der Waals surface area contributed by atoms with Crippen LogP contribution in [0.15, 0.2) is 65.7 Å². The topological polar surface area (TPSA) is 100.0 Å². The Balaban J connectivity index is 1.82. The van der Waals surface area contributed by atoms with Crippen LogP contribution in [-0.2, 0) is 9.59 Å². The minimum absolute atomic E-state index is 0.0402. The van der Waals surface area contributed by atoms with E-state index in [1.165, 1.54) is 28.4 Å². The summed E-state index contributed by atoms with van der Waals surface area (Å²) in [6, 6.07) is 12.1. The number of aliphatic hydroxyl groups excluding tert-OH is 1. The first-order valence-corrected chi connectivity index (χ1v) is 11.1. The summed E-state index contributed by atoms with van der Waals surface area (Å²) in [5.74, 6) is -1.24. The van der Waals surface area contributed by atoms with Gasteiger partial charge in [0.25, 0.3) is 5.78 Å². The molecule has 32 heavy (non-hydrogen) atoms. The number of hydrogen-bond acceptors (Lipinski definition) is 7. The van der Waals surface area contributed by atoms with Crippen molar-refractivity contribution in [3.8, 4) is 11.5 Å². The molecule has 1 atom stereocenters. The van der Waals surface area contributed by atoms with Gasteiger partial charge in [-0.1, -0.05) is 37.6 Å². The molecule has 164 valence electrons. The van der Waals surface area contributed by atoms with E-state index in [0.29, 0.717) is 28.6 Å². The van der Waals surface area contributed by atoms with Crippen LogP contribution in [0.1, 0.15) is 36.9 Å². The second-order valence-electron chi connectivity index (χ2n) is 7.31. The Bertz CT molecular complexity index is 1160. The summed E-state index contributed by atoms with van der Waals surface area (Å²) < 4.78 is 5.72. The van der Waals surface area contributed by atoms with Gasteiger partial charge in [0.15, 0.2) is 5.13 Å². The molecule has 1 saturated heterocycles. The third-order valence-corrected chi connectivity index (χ3v) is 5.92. The molecule has 1 aliphatic rings. The van der Waals surface area contributed by atoms with Crippen LogP contribution in [0.2, 0.25) is 0 Å². The minimum Gasteiger partial charge on any atom is -0.508 e. The first kappa shape index (κ1) is 21.6. The summed E-state index contributed by atoms with van der Waals surface area (Å²) in [4.78, 5) is 31.5. The van der Waals surface area contributed by atoms with E-state index < -0.39 is 17.7 Å². The highest BCUT2D eigenvalue weighted by atomic mass is 32.1. The third-order valence-electron chi connectivity index (χ3n) is 5.15. The summed E-state index contributed by atoms with van der Waals surface area (Å²) in [5.41, 5.74) is 0.899. The van der Waals surface area contributed by atoms with Crippen LogP contribution in [0.5, 0.6) is 11.5 Å². The lowest BCUT2D eigenvalue weighted by Crippen LogP contribution is -2.29. The van der Waals surface area contributed by atoms with Gasteiger partial charge in [0.05, 0.1) is 18.2 Å². The van der Waals surface area contributed by atoms with Crippen molar-refractivity contribution in [2.75, 3.05) is 11.5 Å². The number of Topliss-reactive ketones (excluding diaryl/α,β-unsaturated/α-hetero) is 1. The van der Waals surface area contributed by atoms with E-state index in [-0.39, 0.29) is 17.1 Å². The van der Waals surface area contributed by atoms with Gasteiger partial charge in [-0.25, -0.2) is 4.98 Å². The van der Waals surface area contributed by atoms with Crippen molar-refractivity contribution in [2.24, 2.45) is 0 Å². The lowest BCUT2D eigenvalue weighted by atomic mass is 9.95. The number of thiazole rings is 1. The van der Waals surface area contributed by atoms with Crippen LogP contribution in [0, 0.1) is 0 Å². The number of carbonyl (C=O) groups is 2. The molecule has 7 nitrogen and oxygen atoms in total. The number of anilines is 1. The monoisotopic (exact) mass is 450 g/mol. The van der Waals surface area contributed by atoms with Crippen molar-refractivity contribution in [2.45, 2.75) is 25.8 Å². The van der Waals surface area contributed by atoms with Crippen LogP contribution in [-0.4, -0.2) is 33.5 Å². The van der Waals surface area contributed by atoms with Gasteiger partial charge >= 0.3 is 5.91 Å². The van der Waals surface area contributed by atoms with Crippen LogP contribution in [0.25, 0.3) is 5.76 Å². The third kappa shape index (κ3) is 4.09. The highest BCUT2D eigenvalue weighted by molar-refractivity contribution is 7.14. The molecule has 0 spiro atoms. The fraction of sp³-hybridized carbons (Fsp3) is 0.208. The van der Waals surface area contributed by atoms with Gasteiger partial charge in [0, 0.05) is 17.1 Å². The number of nitrogens with zero attached hydrogens (tertiary/aromatic N) is 2. The molecular weight excluding hydrogens is 428 g/mol. The van der Waals surface area contributed by atoms with E-state index in [4.69, 9.17) is 4.74 Å². The number of rotatable bonds is 7. The molecule has 2 aromatic carbocycles. The van der Waals surface area contributed by atoms with E-state index in [0.717, 1.165) is 12.8 Å². The van der Waals surface area contributed by atoms with Gasteiger partial charge < -0.3 is 14.9 Å². The maximum absolute atomic E-state index is 13.1. The maximum atomic E-state index is 13.1. The molecule has 2 N–H and O–H groups in total. The molecule has 0 bridgehead atoms. The smallest absolute Gasteiger partial charge is 0.301 e. The van der Waals surface area contributed by atoms with Crippen LogP contribution in [0.4, 0.5) is 5.13 Å². The van der Waals surface area contributed by atoms with Crippen molar-refractivity contribution in [3.63, 3.8) is 0 Å². The second kappa shape index (κ2) is 9.23. The molecule has 4 rings (SSSR count). The largest absolute Gasteiger partial charge is 0.508 e. The Morgan fingerprint density at radius 3 is 2.66 bits per heavy atom. The van der Waals surface area contributed by atoms with Gasteiger partial charge in [0.1, 0.15) is 17.3 Å². The average molecular weight is 451 g/mol. The summed E-state index contributed by atoms with van der Waals surface area (Å²) in [5, 5.41) is 22.9. The zero-order valence-electron chi connectivity index (χ0n) is 17.4. The molecule has 0 aliphatic carbocycles. The molecule has 0 radical (unpaired) electrons. The van der Waals surface area contributed by atoms with Gasteiger partial charge in [0.2, 0.25) is 0 Å². The fourth-order valence-electron chi connectivity index (χ4n) is 3.56. The maximum Gasteiger partial charge on any atom is 0.301 e. The highest BCUT2D eigenvalue weighted by Crippen LogP contribution is 2.43. The molecule has 8 heteroatoms. The van der Waals surface area contributed by atoms with Gasteiger partial charge in [-0.15, -0.1) is 11.3 Å². The summed E-state index contributed by atoms with van der Waals surface area (Å²) in [6.07, 6.45) is 3.44. The lowest BCUT2D eigenvalue weighted by molar-refractivity contribution is -0.132. The van der Waals surface area contributed by atoms with E-state index >= 15 is 0 Å². The highest BCUT2D eigenvalue weighted by Gasteiger charge is 2.47. The van der Waals surface area contributed by atoms with Crippen molar-refractivity contribution in [1.29, 1.82) is 0 Å². The summed E-state index contributed by atoms with van der Waals surface area (Å²) in [7, 11) is 0. The number of phenols is 1. The lowest BCUT2D eigenvalue weighted by Gasteiger charge is -2.23. The average Bonchev–Trinajstić information content (AvgIpc) is 3.41. The second-order valence-corrected chi connectivity index (χ2v) is 8.18. The minimum atomic E-state index is -0.883. The number of hydrogen-bond donors (Lipinski definition) is 2. The van der Waals surface area contributed by atoms with Crippen molar-refractivity contribution in [3.05, 3.63) is 76.8 Å². The number of aliphatic hydroxyl groups is 1. The number of amides is 1. The molecule has 1 amide bonds. The molecule has 0 saturated carbocycles. The summed E-state index contributed by atoms with van der Waals surface area (Å²) >= 11 is 1.22. The molecule has 2 heterocycles. The van der Waals surface area contributed by atoms with Crippen LogP contribution >= 0.6 is 11.3 Å². The SMILES string of the molecule is CCCCOc1cccc(/C(O)=C2\C(=O)C(=O)N(c3nccs3)C2c2ccc(O)cc2)c1. The molecule has 1 unspecified atom stereocenters. The number of phenolic OH excluding ortho intramolecular Hbond substituents is 1. The van der Waals surface area contributed by atoms with Crippen molar-refractivity contribution >= 4 is 33.9 Å². The zero-order valence-corrected chi connectivity index (χ0v) is 18.2. The predicted molar refractivity (Wildman–Crippen MR) is 122 cm³/mol. The normalized spacial score (nSPS) is 17.7. The Morgan fingerprint density at radius 2 is 1.97 bits per heavy atom. The number of aromatic nitrogens is 1. The van der Waals surface area contributed by atoms with Crippen molar-refractivity contribution in [1.82, 2.24) is 4.98 Å². The van der Waals surface area contributed by atoms with Crippen LogP contribution in [0.3, 0.4) is 0 Å². The fourth-order valence-corrected chi connectivity index (χ4v) is 4.23.